The molecule has 0 radical (unpaired) electrons. The van der Waals surface area contributed by atoms with Gasteiger partial charge < -0.3 is 5.32 Å². The van der Waals surface area contributed by atoms with Crippen LogP contribution in [0.3, 0.4) is 0 Å². The first kappa shape index (κ1) is 13.1. The van der Waals surface area contributed by atoms with E-state index in [4.69, 9.17) is 6.42 Å². The molecule has 0 rings (SSSR count). The second-order valence-corrected chi connectivity index (χ2v) is 4.34. The second-order valence-electron chi connectivity index (χ2n) is 2.79. The average Bonchev–Trinajstić information content (AvgIpc) is 2.13. The SMILES string of the molecule is C#CCNCC(=O)NCCCS(C)=O. The van der Waals surface area contributed by atoms with Crippen molar-refractivity contribution in [3.63, 3.8) is 0 Å². The fourth-order valence-electron chi connectivity index (χ4n) is 0.814. The standard InChI is InChI=1S/C9H16N2O2S/c1-3-5-10-8-9(12)11-6-4-7-14(2)13/h1,10H,4-8H2,2H3,(H,11,12). The monoisotopic (exact) mass is 216 g/mol. The Kier molecular flexibility index (Phi) is 8.19. The highest BCUT2D eigenvalue weighted by atomic mass is 32.2. The van der Waals surface area contributed by atoms with Gasteiger partial charge in [0, 0.05) is 29.4 Å². The highest BCUT2D eigenvalue weighted by Crippen LogP contribution is 1.81. The molecule has 0 saturated heterocycles. The molecule has 0 aromatic rings. The molecule has 0 spiro atoms. The lowest BCUT2D eigenvalue weighted by atomic mass is 10.4. The molecule has 5 heteroatoms. The maximum atomic E-state index is 11.0. The lowest BCUT2D eigenvalue weighted by molar-refractivity contribution is -0.120. The molecule has 0 heterocycles. The number of rotatable bonds is 7. The molecular formula is C9H16N2O2S. The molecule has 14 heavy (non-hydrogen) atoms. The van der Waals surface area contributed by atoms with Gasteiger partial charge in [-0.3, -0.25) is 14.3 Å². The van der Waals surface area contributed by atoms with E-state index in [1.165, 1.54) is 0 Å². The topological polar surface area (TPSA) is 58.2 Å². The van der Waals surface area contributed by atoms with E-state index in [1.807, 2.05) is 0 Å². The molecule has 0 aliphatic heterocycles. The Morgan fingerprint density at radius 2 is 2.29 bits per heavy atom. The minimum Gasteiger partial charge on any atom is -0.355 e. The first-order chi connectivity index (χ1) is 6.66. The van der Waals surface area contributed by atoms with Crippen LogP contribution < -0.4 is 10.6 Å². The van der Waals surface area contributed by atoms with Crippen LogP contribution in [-0.4, -0.2) is 41.8 Å². The summed E-state index contributed by atoms with van der Waals surface area (Å²) in [6.45, 7) is 1.20. The summed E-state index contributed by atoms with van der Waals surface area (Å²) in [5.41, 5.74) is 0. The quantitative estimate of drug-likeness (QED) is 0.428. The van der Waals surface area contributed by atoms with Gasteiger partial charge in [0.1, 0.15) is 0 Å². The van der Waals surface area contributed by atoms with Gasteiger partial charge in [0.25, 0.3) is 0 Å². The van der Waals surface area contributed by atoms with Crippen molar-refractivity contribution in [3.05, 3.63) is 0 Å². The zero-order valence-electron chi connectivity index (χ0n) is 8.34. The fraction of sp³-hybridized carbons (Fsp3) is 0.667. The number of terminal acetylenes is 1. The number of carbonyl (C=O) groups excluding carboxylic acids is 1. The van der Waals surface area contributed by atoms with Gasteiger partial charge in [-0.2, -0.15) is 0 Å². The smallest absolute Gasteiger partial charge is 0.233 e. The molecule has 1 amide bonds. The van der Waals surface area contributed by atoms with Gasteiger partial charge in [0.15, 0.2) is 0 Å². The molecule has 0 fully saturated rings. The summed E-state index contributed by atoms with van der Waals surface area (Å²) >= 11 is 0. The van der Waals surface area contributed by atoms with E-state index in [1.54, 1.807) is 6.26 Å². The van der Waals surface area contributed by atoms with Gasteiger partial charge in [-0.1, -0.05) is 5.92 Å². The van der Waals surface area contributed by atoms with Crippen LogP contribution in [0.15, 0.2) is 0 Å². The predicted octanol–water partition coefficient (Wildman–Crippen LogP) is -0.906. The molecule has 0 bridgehead atoms. The highest BCUT2D eigenvalue weighted by Gasteiger charge is 1.98. The van der Waals surface area contributed by atoms with E-state index in [0.29, 0.717) is 18.8 Å². The number of nitrogens with one attached hydrogen (secondary N) is 2. The summed E-state index contributed by atoms with van der Waals surface area (Å²) in [5, 5.41) is 5.47. The van der Waals surface area contributed by atoms with Gasteiger partial charge in [0.05, 0.1) is 13.1 Å². The minimum absolute atomic E-state index is 0.0814. The summed E-state index contributed by atoms with van der Waals surface area (Å²) in [6, 6.07) is 0. The van der Waals surface area contributed by atoms with Crippen LogP contribution >= 0.6 is 0 Å². The second kappa shape index (κ2) is 8.73. The molecule has 0 aliphatic carbocycles. The normalized spacial score (nSPS) is 11.7. The molecule has 2 N–H and O–H groups in total. The van der Waals surface area contributed by atoms with E-state index < -0.39 is 10.8 Å². The van der Waals surface area contributed by atoms with Gasteiger partial charge in [-0.25, -0.2) is 0 Å². The molecule has 80 valence electrons. The Bertz CT molecular complexity index is 235. The van der Waals surface area contributed by atoms with E-state index >= 15 is 0 Å². The van der Waals surface area contributed by atoms with Crippen LogP contribution in [0.1, 0.15) is 6.42 Å². The van der Waals surface area contributed by atoms with Crippen molar-refractivity contribution in [1.82, 2.24) is 10.6 Å². The van der Waals surface area contributed by atoms with Crippen LogP contribution in [0.4, 0.5) is 0 Å². The average molecular weight is 216 g/mol. The Labute approximate surface area is 87.3 Å². The maximum Gasteiger partial charge on any atom is 0.233 e. The van der Waals surface area contributed by atoms with Crippen LogP contribution in [0.25, 0.3) is 0 Å². The third-order valence-electron chi connectivity index (χ3n) is 1.44. The third-order valence-corrected chi connectivity index (χ3v) is 2.31. The molecule has 1 atom stereocenters. The van der Waals surface area contributed by atoms with Crippen molar-refractivity contribution in [3.8, 4) is 12.3 Å². The lowest BCUT2D eigenvalue weighted by Crippen LogP contribution is -2.34. The summed E-state index contributed by atoms with van der Waals surface area (Å²) in [4.78, 5) is 11.0. The molecule has 1 unspecified atom stereocenters. The number of amides is 1. The Hall–Kier alpha value is -0.860. The van der Waals surface area contributed by atoms with E-state index in [9.17, 15) is 9.00 Å². The highest BCUT2D eigenvalue weighted by molar-refractivity contribution is 7.84. The van der Waals surface area contributed by atoms with Crippen LogP contribution in [-0.2, 0) is 15.6 Å². The van der Waals surface area contributed by atoms with Gasteiger partial charge >= 0.3 is 0 Å². The molecule has 0 aromatic carbocycles. The summed E-state index contributed by atoms with van der Waals surface area (Å²) < 4.78 is 10.7. The Morgan fingerprint density at radius 3 is 2.86 bits per heavy atom. The van der Waals surface area contributed by atoms with Crippen molar-refractivity contribution in [2.45, 2.75) is 6.42 Å². The number of carbonyl (C=O) groups is 1. The van der Waals surface area contributed by atoms with E-state index in [2.05, 4.69) is 16.6 Å². The first-order valence-electron chi connectivity index (χ1n) is 4.37. The fourth-order valence-corrected chi connectivity index (χ4v) is 1.36. The Balaban J connectivity index is 3.28. The van der Waals surface area contributed by atoms with Crippen molar-refractivity contribution in [1.29, 1.82) is 0 Å². The van der Waals surface area contributed by atoms with Crippen LogP contribution in [0.5, 0.6) is 0 Å². The summed E-state index contributed by atoms with van der Waals surface area (Å²) in [6.07, 6.45) is 7.38. The summed E-state index contributed by atoms with van der Waals surface area (Å²) in [5.74, 6) is 2.92. The van der Waals surface area contributed by atoms with E-state index in [0.717, 1.165) is 6.42 Å². The lowest BCUT2D eigenvalue weighted by Gasteiger charge is -2.03. The zero-order valence-corrected chi connectivity index (χ0v) is 9.15. The first-order valence-corrected chi connectivity index (χ1v) is 6.10. The molecule has 4 nitrogen and oxygen atoms in total. The van der Waals surface area contributed by atoms with Crippen LogP contribution in [0.2, 0.25) is 0 Å². The van der Waals surface area contributed by atoms with Gasteiger partial charge in [0.2, 0.25) is 5.91 Å². The van der Waals surface area contributed by atoms with Gasteiger partial charge in [-0.05, 0) is 6.42 Å². The largest absolute Gasteiger partial charge is 0.355 e. The van der Waals surface area contributed by atoms with Crippen molar-refractivity contribution in [2.24, 2.45) is 0 Å². The number of hydrogen-bond acceptors (Lipinski definition) is 3. The van der Waals surface area contributed by atoms with Crippen molar-refractivity contribution in [2.75, 3.05) is 31.6 Å². The molecule has 0 aliphatic rings. The van der Waals surface area contributed by atoms with E-state index in [-0.39, 0.29) is 12.5 Å². The summed E-state index contributed by atoms with van der Waals surface area (Å²) in [7, 11) is -0.781. The number of hydrogen-bond donors (Lipinski definition) is 2. The Morgan fingerprint density at radius 1 is 1.57 bits per heavy atom. The van der Waals surface area contributed by atoms with Gasteiger partial charge in [-0.15, -0.1) is 6.42 Å². The zero-order chi connectivity index (χ0) is 10.8. The predicted molar refractivity (Wildman–Crippen MR) is 58.3 cm³/mol. The molecule has 0 saturated carbocycles. The van der Waals surface area contributed by atoms with Crippen molar-refractivity contribution < 1.29 is 9.00 Å². The van der Waals surface area contributed by atoms with Crippen molar-refractivity contribution >= 4 is 16.7 Å². The van der Waals surface area contributed by atoms with Crippen LogP contribution in [0, 0.1) is 12.3 Å². The maximum absolute atomic E-state index is 11.0. The third kappa shape index (κ3) is 9.23. The molecule has 0 aromatic heterocycles. The molecular weight excluding hydrogens is 200 g/mol. The minimum atomic E-state index is -0.781.